The zero-order chi connectivity index (χ0) is 13.8. The molecule has 0 aliphatic rings. The van der Waals surface area contributed by atoms with Gasteiger partial charge in [-0.25, -0.2) is 0 Å². The van der Waals surface area contributed by atoms with E-state index in [1.165, 1.54) is 5.56 Å². The number of halogens is 1. The van der Waals surface area contributed by atoms with Gasteiger partial charge in [0.1, 0.15) is 0 Å². The molecule has 1 heterocycles. The van der Waals surface area contributed by atoms with Gasteiger partial charge in [0, 0.05) is 55.7 Å². The van der Waals surface area contributed by atoms with E-state index in [4.69, 9.17) is 11.6 Å². The largest absolute Gasteiger partial charge is 0.361 e. The lowest BCUT2D eigenvalue weighted by atomic mass is 10.2. The number of aromatic nitrogens is 1. The Labute approximate surface area is 117 Å². The number of hydrogen-bond acceptors (Lipinski definition) is 2. The van der Waals surface area contributed by atoms with Gasteiger partial charge in [-0.1, -0.05) is 17.7 Å². The Morgan fingerprint density at radius 2 is 2.21 bits per heavy atom. The van der Waals surface area contributed by atoms with Crippen LogP contribution in [0.5, 0.6) is 0 Å². The van der Waals surface area contributed by atoms with Gasteiger partial charge in [0.25, 0.3) is 0 Å². The highest BCUT2D eigenvalue weighted by Crippen LogP contribution is 2.21. The summed E-state index contributed by atoms with van der Waals surface area (Å²) in [4.78, 5) is 16.2. The number of fused-ring (bicyclic) bond motifs is 1. The number of carbonyl (C=O) groups excluding carboxylic acids is 1. The molecule has 0 atom stereocenters. The number of hydrogen-bond donors (Lipinski definition) is 2. The molecule has 5 heteroatoms. The second-order valence-electron chi connectivity index (χ2n) is 4.72. The molecule has 2 N–H and O–H groups in total. The predicted molar refractivity (Wildman–Crippen MR) is 78.3 cm³/mol. The van der Waals surface area contributed by atoms with Gasteiger partial charge in [-0.3, -0.25) is 4.79 Å². The van der Waals surface area contributed by atoms with Gasteiger partial charge in [0.05, 0.1) is 0 Å². The monoisotopic (exact) mass is 279 g/mol. The van der Waals surface area contributed by atoms with Crippen molar-refractivity contribution in [3.05, 3.63) is 35.0 Å². The third kappa shape index (κ3) is 3.49. The van der Waals surface area contributed by atoms with Gasteiger partial charge < -0.3 is 15.2 Å². The van der Waals surface area contributed by atoms with Crippen LogP contribution in [0.3, 0.4) is 0 Å². The molecule has 0 bridgehead atoms. The standard InChI is InChI=1S/C14H18ClN3O/c1-18(2)14(19)5-6-16-8-10-9-17-13-7-11(15)3-4-12(10)13/h3-4,7,9,16-17H,5-6,8H2,1-2H3. The number of nitrogens with one attached hydrogen (secondary N) is 2. The minimum absolute atomic E-state index is 0.137. The fourth-order valence-electron chi connectivity index (χ4n) is 1.95. The molecular weight excluding hydrogens is 262 g/mol. The Balaban J connectivity index is 1.90. The lowest BCUT2D eigenvalue weighted by Gasteiger charge is -2.10. The molecule has 19 heavy (non-hydrogen) atoms. The van der Waals surface area contributed by atoms with E-state index in [0.717, 1.165) is 22.5 Å². The number of benzene rings is 1. The maximum atomic E-state index is 11.4. The molecule has 0 radical (unpaired) electrons. The molecule has 2 rings (SSSR count). The number of rotatable bonds is 5. The van der Waals surface area contributed by atoms with Crippen molar-refractivity contribution in [3.63, 3.8) is 0 Å². The van der Waals surface area contributed by atoms with Gasteiger partial charge >= 0.3 is 0 Å². The first-order valence-electron chi connectivity index (χ1n) is 6.24. The SMILES string of the molecule is CN(C)C(=O)CCNCc1c[nH]c2cc(Cl)ccc12. The average Bonchev–Trinajstić information content (AvgIpc) is 2.76. The van der Waals surface area contributed by atoms with Crippen LogP contribution in [0.15, 0.2) is 24.4 Å². The number of amides is 1. The summed E-state index contributed by atoms with van der Waals surface area (Å²) in [6.45, 7) is 1.42. The Bertz CT molecular complexity index is 577. The Hall–Kier alpha value is -1.52. The normalized spacial score (nSPS) is 10.9. The van der Waals surface area contributed by atoms with Crippen LogP contribution in [-0.4, -0.2) is 36.4 Å². The van der Waals surface area contributed by atoms with Gasteiger partial charge in [-0.15, -0.1) is 0 Å². The lowest BCUT2D eigenvalue weighted by Crippen LogP contribution is -2.26. The number of nitrogens with zero attached hydrogens (tertiary/aromatic N) is 1. The summed E-state index contributed by atoms with van der Waals surface area (Å²) >= 11 is 5.94. The summed E-state index contributed by atoms with van der Waals surface area (Å²) in [6.07, 6.45) is 2.49. The molecule has 0 saturated carbocycles. The van der Waals surface area contributed by atoms with Crippen LogP contribution in [0.1, 0.15) is 12.0 Å². The molecule has 1 aromatic heterocycles. The smallest absolute Gasteiger partial charge is 0.223 e. The van der Waals surface area contributed by atoms with E-state index in [9.17, 15) is 4.79 Å². The molecule has 0 aliphatic carbocycles. The maximum absolute atomic E-state index is 11.4. The first-order chi connectivity index (χ1) is 9.08. The van der Waals surface area contributed by atoms with Crippen LogP contribution < -0.4 is 5.32 Å². The van der Waals surface area contributed by atoms with E-state index in [0.29, 0.717) is 13.0 Å². The van der Waals surface area contributed by atoms with Crippen LogP contribution >= 0.6 is 11.6 Å². The van der Waals surface area contributed by atoms with Crippen LogP contribution in [0.4, 0.5) is 0 Å². The molecule has 1 aromatic carbocycles. The zero-order valence-electron chi connectivity index (χ0n) is 11.2. The molecular formula is C14H18ClN3O. The summed E-state index contributed by atoms with van der Waals surface area (Å²) in [5, 5.41) is 5.17. The Kier molecular flexibility index (Phi) is 4.45. The lowest BCUT2D eigenvalue weighted by molar-refractivity contribution is -0.128. The third-order valence-corrected chi connectivity index (χ3v) is 3.29. The fourth-order valence-corrected chi connectivity index (χ4v) is 2.12. The molecule has 2 aromatic rings. The van der Waals surface area contributed by atoms with Gasteiger partial charge in [0.15, 0.2) is 0 Å². The summed E-state index contributed by atoms with van der Waals surface area (Å²) < 4.78 is 0. The molecule has 0 saturated heterocycles. The average molecular weight is 280 g/mol. The summed E-state index contributed by atoms with van der Waals surface area (Å²) in [7, 11) is 3.54. The first-order valence-corrected chi connectivity index (χ1v) is 6.62. The van der Waals surface area contributed by atoms with E-state index in [1.54, 1.807) is 19.0 Å². The maximum Gasteiger partial charge on any atom is 0.223 e. The molecule has 102 valence electrons. The van der Waals surface area contributed by atoms with Crippen molar-refractivity contribution in [2.24, 2.45) is 0 Å². The van der Waals surface area contributed by atoms with Crippen LogP contribution in [-0.2, 0) is 11.3 Å². The van der Waals surface area contributed by atoms with Crippen LogP contribution in [0, 0.1) is 0 Å². The van der Waals surface area contributed by atoms with Gasteiger partial charge in [-0.2, -0.15) is 0 Å². The summed E-state index contributed by atoms with van der Waals surface area (Å²) in [5.41, 5.74) is 2.22. The van der Waals surface area contributed by atoms with Crippen molar-refractivity contribution in [1.82, 2.24) is 15.2 Å². The number of carbonyl (C=O) groups is 1. The quantitative estimate of drug-likeness (QED) is 0.826. The predicted octanol–water partition coefficient (Wildman–Crippen LogP) is 2.39. The third-order valence-electron chi connectivity index (χ3n) is 3.06. The number of H-pyrrole nitrogens is 1. The van der Waals surface area contributed by atoms with Crippen molar-refractivity contribution in [2.45, 2.75) is 13.0 Å². The van der Waals surface area contributed by atoms with E-state index >= 15 is 0 Å². The molecule has 0 fully saturated rings. The molecule has 0 spiro atoms. The minimum Gasteiger partial charge on any atom is -0.361 e. The van der Waals surface area contributed by atoms with Gasteiger partial charge in [-0.05, 0) is 17.7 Å². The topological polar surface area (TPSA) is 48.1 Å². The van der Waals surface area contributed by atoms with E-state index < -0.39 is 0 Å². The molecule has 0 aliphatic heterocycles. The Morgan fingerprint density at radius 3 is 2.95 bits per heavy atom. The van der Waals surface area contributed by atoms with Crippen LogP contribution in [0.25, 0.3) is 10.9 Å². The fraction of sp³-hybridized carbons (Fsp3) is 0.357. The van der Waals surface area contributed by atoms with Crippen molar-refractivity contribution < 1.29 is 4.79 Å². The van der Waals surface area contributed by atoms with E-state index in [2.05, 4.69) is 10.3 Å². The first kappa shape index (κ1) is 13.9. The van der Waals surface area contributed by atoms with E-state index in [1.807, 2.05) is 24.4 Å². The second kappa shape index (κ2) is 6.08. The second-order valence-corrected chi connectivity index (χ2v) is 5.16. The minimum atomic E-state index is 0.137. The highest BCUT2D eigenvalue weighted by atomic mass is 35.5. The molecule has 0 unspecified atom stereocenters. The van der Waals surface area contributed by atoms with Crippen molar-refractivity contribution in [2.75, 3.05) is 20.6 Å². The molecule has 4 nitrogen and oxygen atoms in total. The molecule has 1 amide bonds. The Morgan fingerprint density at radius 1 is 1.42 bits per heavy atom. The highest BCUT2D eigenvalue weighted by molar-refractivity contribution is 6.31. The van der Waals surface area contributed by atoms with Crippen molar-refractivity contribution in [3.8, 4) is 0 Å². The van der Waals surface area contributed by atoms with Crippen molar-refractivity contribution in [1.29, 1.82) is 0 Å². The summed E-state index contributed by atoms with van der Waals surface area (Å²) in [6, 6.07) is 5.81. The van der Waals surface area contributed by atoms with Crippen LogP contribution in [0.2, 0.25) is 5.02 Å². The number of aromatic amines is 1. The van der Waals surface area contributed by atoms with Crippen molar-refractivity contribution >= 4 is 28.4 Å². The van der Waals surface area contributed by atoms with E-state index in [-0.39, 0.29) is 5.91 Å². The zero-order valence-corrected chi connectivity index (χ0v) is 11.9. The highest BCUT2D eigenvalue weighted by Gasteiger charge is 2.05. The summed E-state index contributed by atoms with van der Waals surface area (Å²) in [5.74, 6) is 0.137. The van der Waals surface area contributed by atoms with Gasteiger partial charge in [0.2, 0.25) is 5.91 Å².